The number of carbonyl (C=O) groups excluding carboxylic acids is 1. The Bertz CT molecular complexity index is 366. The van der Waals surface area contributed by atoms with Gasteiger partial charge in [-0.3, -0.25) is 4.79 Å². The predicted octanol–water partition coefficient (Wildman–Crippen LogP) is 7.31. The lowest BCUT2D eigenvalue weighted by Gasteiger charge is -1.99. The molecule has 0 saturated heterocycles. The van der Waals surface area contributed by atoms with Gasteiger partial charge in [-0.2, -0.15) is 0 Å². The number of allylic oxidation sites excluding steroid dienone is 6. The van der Waals surface area contributed by atoms with Crippen molar-refractivity contribution in [2.24, 2.45) is 0 Å². The second-order valence-electron chi connectivity index (χ2n) is 6.62. The zero-order chi connectivity index (χ0) is 18.4. The molecule has 0 aromatic carbocycles. The Kier molecular flexibility index (Phi) is 19.6. The first-order valence-corrected chi connectivity index (χ1v) is 10.3. The number of esters is 1. The zero-order valence-electron chi connectivity index (χ0n) is 16.7. The molecule has 0 atom stereocenters. The molecular formula is C23H40O2. The molecule has 0 bridgehead atoms. The van der Waals surface area contributed by atoms with E-state index in [4.69, 9.17) is 0 Å². The molecule has 144 valence electrons. The lowest BCUT2D eigenvalue weighted by molar-refractivity contribution is -0.140. The standard InChI is InChI=1S/C23H40O2/c1-3-4-5-6-7-8-9-10-11-12-13-14-15-16-17-18-19-20-21-22-23(24)25-2/h9-10,12-13,15-16H,3-8,11,14,17-22H2,1-2H3. The summed E-state index contributed by atoms with van der Waals surface area (Å²) in [5.74, 6) is -0.0894. The van der Waals surface area contributed by atoms with Gasteiger partial charge in [0, 0.05) is 6.42 Å². The number of rotatable bonds is 17. The van der Waals surface area contributed by atoms with Crippen LogP contribution in [0.3, 0.4) is 0 Å². The molecule has 0 aliphatic heterocycles. The Morgan fingerprint density at radius 2 is 1.16 bits per heavy atom. The van der Waals surface area contributed by atoms with Crippen LogP contribution in [0.5, 0.6) is 0 Å². The van der Waals surface area contributed by atoms with E-state index in [-0.39, 0.29) is 5.97 Å². The van der Waals surface area contributed by atoms with Crippen molar-refractivity contribution in [2.75, 3.05) is 7.11 Å². The minimum absolute atomic E-state index is 0.0894. The molecule has 0 saturated carbocycles. The second kappa shape index (κ2) is 20.7. The number of hydrogen-bond donors (Lipinski definition) is 0. The molecule has 0 rings (SSSR count). The van der Waals surface area contributed by atoms with Crippen molar-refractivity contribution in [1.29, 1.82) is 0 Å². The van der Waals surface area contributed by atoms with Gasteiger partial charge in [0.15, 0.2) is 0 Å². The van der Waals surface area contributed by atoms with Gasteiger partial charge < -0.3 is 4.74 Å². The monoisotopic (exact) mass is 348 g/mol. The quantitative estimate of drug-likeness (QED) is 0.156. The topological polar surface area (TPSA) is 26.3 Å². The number of methoxy groups -OCH3 is 1. The van der Waals surface area contributed by atoms with Crippen LogP contribution in [-0.4, -0.2) is 13.1 Å². The van der Waals surface area contributed by atoms with Gasteiger partial charge in [0.25, 0.3) is 0 Å². The highest BCUT2D eigenvalue weighted by atomic mass is 16.5. The lowest BCUT2D eigenvalue weighted by Crippen LogP contribution is -1.98. The number of unbranched alkanes of at least 4 members (excludes halogenated alkanes) is 9. The maximum Gasteiger partial charge on any atom is 0.305 e. The summed E-state index contributed by atoms with van der Waals surface area (Å²) < 4.78 is 4.63. The average molecular weight is 349 g/mol. The average Bonchev–Trinajstić information content (AvgIpc) is 2.63. The first kappa shape index (κ1) is 23.7. The summed E-state index contributed by atoms with van der Waals surface area (Å²) in [5, 5.41) is 0. The Balaban J connectivity index is 3.30. The van der Waals surface area contributed by atoms with Crippen LogP contribution >= 0.6 is 0 Å². The van der Waals surface area contributed by atoms with E-state index >= 15 is 0 Å². The minimum Gasteiger partial charge on any atom is -0.469 e. The van der Waals surface area contributed by atoms with Crippen molar-refractivity contribution >= 4 is 5.97 Å². The van der Waals surface area contributed by atoms with E-state index in [9.17, 15) is 4.79 Å². The van der Waals surface area contributed by atoms with Crippen molar-refractivity contribution in [3.8, 4) is 0 Å². The maximum absolute atomic E-state index is 11.0. The zero-order valence-corrected chi connectivity index (χ0v) is 16.7. The maximum atomic E-state index is 11.0. The van der Waals surface area contributed by atoms with Gasteiger partial charge in [0.2, 0.25) is 0 Å². The van der Waals surface area contributed by atoms with Crippen molar-refractivity contribution in [3.63, 3.8) is 0 Å². The van der Waals surface area contributed by atoms with Crippen LogP contribution in [-0.2, 0) is 9.53 Å². The molecule has 2 heteroatoms. The van der Waals surface area contributed by atoms with Crippen LogP contribution in [0.2, 0.25) is 0 Å². The van der Waals surface area contributed by atoms with Crippen molar-refractivity contribution in [1.82, 2.24) is 0 Å². The Hall–Kier alpha value is -1.31. The second-order valence-corrected chi connectivity index (χ2v) is 6.62. The van der Waals surface area contributed by atoms with E-state index in [1.165, 1.54) is 58.5 Å². The summed E-state index contributed by atoms with van der Waals surface area (Å²) in [7, 11) is 1.45. The lowest BCUT2D eigenvalue weighted by atomic mass is 10.1. The third-order valence-electron chi connectivity index (χ3n) is 4.25. The van der Waals surface area contributed by atoms with E-state index in [2.05, 4.69) is 48.1 Å². The van der Waals surface area contributed by atoms with Crippen LogP contribution in [0, 0.1) is 0 Å². The summed E-state index contributed by atoms with van der Waals surface area (Å²) in [6.45, 7) is 2.26. The fourth-order valence-corrected chi connectivity index (χ4v) is 2.63. The van der Waals surface area contributed by atoms with Crippen LogP contribution in [0.1, 0.15) is 96.8 Å². The Morgan fingerprint density at radius 1 is 0.680 bits per heavy atom. The number of ether oxygens (including phenoxy) is 1. The summed E-state index contributed by atoms with van der Waals surface area (Å²) in [6.07, 6.45) is 30.0. The van der Waals surface area contributed by atoms with E-state index < -0.39 is 0 Å². The molecule has 2 nitrogen and oxygen atoms in total. The molecule has 0 aromatic rings. The first-order chi connectivity index (χ1) is 12.3. The largest absolute Gasteiger partial charge is 0.469 e. The van der Waals surface area contributed by atoms with Gasteiger partial charge in [0.05, 0.1) is 7.11 Å². The summed E-state index contributed by atoms with van der Waals surface area (Å²) in [4.78, 5) is 11.0. The third kappa shape index (κ3) is 20.6. The van der Waals surface area contributed by atoms with Gasteiger partial charge in [-0.05, 0) is 44.9 Å². The number of carbonyl (C=O) groups is 1. The normalized spacial score (nSPS) is 11.9. The van der Waals surface area contributed by atoms with Crippen LogP contribution in [0.15, 0.2) is 36.5 Å². The molecule has 25 heavy (non-hydrogen) atoms. The molecule has 0 aromatic heterocycles. The van der Waals surface area contributed by atoms with Crippen LogP contribution < -0.4 is 0 Å². The molecule has 0 unspecified atom stereocenters. The highest BCUT2D eigenvalue weighted by Gasteiger charge is 1.98. The van der Waals surface area contributed by atoms with Crippen molar-refractivity contribution < 1.29 is 9.53 Å². The molecule has 0 radical (unpaired) electrons. The van der Waals surface area contributed by atoms with E-state index in [0.29, 0.717) is 6.42 Å². The predicted molar refractivity (Wildman–Crippen MR) is 110 cm³/mol. The highest BCUT2D eigenvalue weighted by Crippen LogP contribution is 2.07. The SMILES string of the molecule is CCCCCCCC=CCC=CCC=CCCCCCCC(=O)OC. The van der Waals surface area contributed by atoms with Crippen LogP contribution in [0.4, 0.5) is 0 Å². The molecule has 0 fully saturated rings. The smallest absolute Gasteiger partial charge is 0.305 e. The first-order valence-electron chi connectivity index (χ1n) is 10.3. The van der Waals surface area contributed by atoms with Gasteiger partial charge in [-0.25, -0.2) is 0 Å². The van der Waals surface area contributed by atoms with Gasteiger partial charge in [-0.15, -0.1) is 0 Å². The summed E-state index contributed by atoms with van der Waals surface area (Å²) >= 11 is 0. The van der Waals surface area contributed by atoms with E-state index in [1.54, 1.807) is 0 Å². The van der Waals surface area contributed by atoms with Crippen molar-refractivity contribution in [2.45, 2.75) is 96.8 Å². The number of hydrogen-bond acceptors (Lipinski definition) is 2. The summed E-state index contributed by atoms with van der Waals surface area (Å²) in [5.41, 5.74) is 0. The van der Waals surface area contributed by atoms with Gasteiger partial charge in [-0.1, -0.05) is 81.9 Å². The Morgan fingerprint density at radius 3 is 1.68 bits per heavy atom. The minimum atomic E-state index is -0.0894. The summed E-state index contributed by atoms with van der Waals surface area (Å²) in [6, 6.07) is 0. The molecule has 0 spiro atoms. The Labute approximate surface area is 156 Å². The van der Waals surface area contributed by atoms with Gasteiger partial charge in [0.1, 0.15) is 0 Å². The van der Waals surface area contributed by atoms with Crippen molar-refractivity contribution in [3.05, 3.63) is 36.5 Å². The fraction of sp³-hybridized carbons (Fsp3) is 0.696. The van der Waals surface area contributed by atoms with Gasteiger partial charge >= 0.3 is 5.97 Å². The molecule has 0 heterocycles. The van der Waals surface area contributed by atoms with Crippen LogP contribution in [0.25, 0.3) is 0 Å². The fourth-order valence-electron chi connectivity index (χ4n) is 2.63. The molecule has 0 N–H and O–H groups in total. The van der Waals surface area contributed by atoms with E-state index in [0.717, 1.165) is 32.1 Å². The third-order valence-corrected chi connectivity index (χ3v) is 4.25. The molecule has 0 aliphatic carbocycles. The molecule has 0 amide bonds. The van der Waals surface area contributed by atoms with E-state index in [1.807, 2.05) is 0 Å². The highest BCUT2D eigenvalue weighted by molar-refractivity contribution is 5.68. The molecule has 0 aliphatic rings. The molecular weight excluding hydrogens is 308 g/mol.